The van der Waals surface area contributed by atoms with Crippen molar-refractivity contribution in [2.45, 2.75) is 0 Å². The highest BCUT2D eigenvalue weighted by Crippen LogP contribution is 2.45. The number of hydrogen-bond acceptors (Lipinski definition) is 0. The molecular formula is C66H42N4. The molecule has 15 aromatic rings. The molecule has 4 nitrogen and oxygen atoms in total. The van der Waals surface area contributed by atoms with E-state index in [1.807, 2.05) is 0 Å². The lowest BCUT2D eigenvalue weighted by molar-refractivity contribution is 1.16. The quantitative estimate of drug-likeness (QED) is 0.158. The summed E-state index contributed by atoms with van der Waals surface area (Å²) in [5, 5.41) is 9.80. The van der Waals surface area contributed by atoms with E-state index in [1.54, 1.807) is 0 Å². The van der Waals surface area contributed by atoms with Crippen molar-refractivity contribution in [2.75, 3.05) is 0 Å². The molecule has 0 N–H and O–H groups in total. The van der Waals surface area contributed by atoms with Crippen LogP contribution in [0.3, 0.4) is 0 Å². The Morgan fingerprint density at radius 2 is 0.571 bits per heavy atom. The molecule has 0 bridgehead atoms. The van der Waals surface area contributed by atoms with Gasteiger partial charge in [0.2, 0.25) is 0 Å². The molecule has 0 atom stereocenters. The number of fused-ring (bicyclic) bond motifs is 13. The van der Waals surface area contributed by atoms with Crippen LogP contribution in [0.15, 0.2) is 255 Å². The minimum absolute atomic E-state index is 1.12. The maximum atomic E-state index is 2.49. The molecule has 4 aromatic heterocycles. The van der Waals surface area contributed by atoms with Gasteiger partial charge in [0.05, 0.1) is 44.1 Å². The van der Waals surface area contributed by atoms with Crippen molar-refractivity contribution in [1.29, 1.82) is 0 Å². The van der Waals surface area contributed by atoms with Crippen LogP contribution in [-0.4, -0.2) is 18.3 Å². The molecule has 0 spiro atoms. The number of aromatic nitrogens is 4. The summed E-state index contributed by atoms with van der Waals surface area (Å²) in [7, 11) is 0. The molecular weight excluding hydrogens is 849 g/mol. The SMILES string of the molecule is c1ccc(-c2ccc3c(c2)c2cc4c(cc2n3-c2ccccc2)c2cc(-n3c5ccccc5c5c3ccc3c6cc(-c7ccccc7)ccc6n(-c6ccccc6)c35)ccc2n4-c2ccccc2)cc1. The van der Waals surface area contributed by atoms with Crippen molar-refractivity contribution in [3.05, 3.63) is 255 Å². The highest BCUT2D eigenvalue weighted by Gasteiger charge is 2.24. The van der Waals surface area contributed by atoms with Crippen molar-refractivity contribution < 1.29 is 0 Å². The summed E-state index contributed by atoms with van der Waals surface area (Å²) >= 11 is 0. The van der Waals surface area contributed by atoms with Crippen molar-refractivity contribution in [3.63, 3.8) is 0 Å². The van der Waals surface area contributed by atoms with Crippen molar-refractivity contribution in [2.24, 2.45) is 0 Å². The standard InChI is InChI=1S/C66H42N4/c1-6-18-43(19-7-1)45-31-35-61-53(38-45)51-33-37-62-65(66(51)70(61)49-26-14-5-15-27-49)52-28-16-17-29-58(52)69(62)50-32-36-60-55(40-50)57-42-63-56(41-64(57)68(60)48-24-12-4-13-25-48)54-39-46(44-20-8-2-9-21-44)30-34-59(54)67(63)47-22-10-3-11-23-47/h1-42H. The van der Waals surface area contributed by atoms with Gasteiger partial charge in [-0.25, -0.2) is 0 Å². The molecule has 0 fully saturated rings. The van der Waals surface area contributed by atoms with E-state index in [4.69, 9.17) is 0 Å². The maximum absolute atomic E-state index is 2.49. The molecule has 0 aliphatic carbocycles. The fourth-order valence-electron chi connectivity index (χ4n) is 11.7. The van der Waals surface area contributed by atoms with E-state index in [9.17, 15) is 0 Å². The number of benzene rings is 11. The molecule has 0 amide bonds. The Labute approximate surface area is 403 Å². The van der Waals surface area contributed by atoms with Crippen molar-refractivity contribution in [1.82, 2.24) is 18.3 Å². The summed E-state index contributed by atoms with van der Waals surface area (Å²) in [5.41, 5.74) is 18.8. The highest BCUT2D eigenvalue weighted by molar-refractivity contribution is 6.27. The summed E-state index contributed by atoms with van der Waals surface area (Å²) in [6.45, 7) is 0. The Bertz CT molecular complexity index is 4540. The van der Waals surface area contributed by atoms with Gasteiger partial charge in [-0.1, -0.05) is 152 Å². The fraction of sp³-hybridized carbons (Fsp3) is 0. The summed E-state index contributed by atoms with van der Waals surface area (Å²) in [4.78, 5) is 0. The first kappa shape index (κ1) is 38.7. The van der Waals surface area contributed by atoms with Crippen molar-refractivity contribution in [3.8, 4) is 45.0 Å². The average Bonchev–Trinajstić information content (AvgIpc) is 4.15. The second kappa shape index (κ2) is 15.1. The molecule has 11 aromatic carbocycles. The van der Waals surface area contributed by atoms with E-state index in [-0.39, 0.29) is 0 Å². The molecule has 0 unspecified atom stereocenters. The smallest absolute Gasteiger partial charge is 0.0641 e. The number of hydrogen-bond donors (Lipinski definition) is 0. The Balaban J connectivity index is 1.03. The van der Waals surface area contributed by atoms with E-state index in [0.29, 0.717) is 0 Å². The van der Waals surface area contributed by atoms with Crippen LogP contribution in [0.4, 0.5) is 0 Å². The molecule has 15 rings (SSSR count). The van der Waals surface area contributed by atoms with Crippen LogP contribution in [0, 0.1) is 0 Å². The van der Waals surface area contributed by atoms with E-state index < -0.39 is 0 Å². The normalized spacial score (nSPS) is 12.0. The first-order chi connectivity index (χ1) is 34.7. The lowest BCUT2D eigenvalue weighted by atomic mass is 10.0. The predicted molar refractivity (Wildman–Crippen MR) is 295 cm³/mol. The molecule has 0 aliphatic rings. The largest absolute Gasteiger partial charge is 0.309 e. The third kappa shape index (κ3) is 5.65. The Kier molecular flexibility index (Phi) is 8.33. The molecule has 326 valence electrons. The molecule has 0 saturated carbocycles. The number of para-hydroxylation sites is 4. The summed E-state index contributed by atoms with van der Waals surface area (Å²) in [6, 6.07) is 93.5. The fourth-order valence-corrected chi connectivity index (χ4v) is 11.7. The number of nitrogens with zero attached hydrogens (tertiary/aromatic N) is 4. The Hall–Kier alpha value is -9.38. The zero-order valence-electron chi connectivity index (χ0n) is 38.0. The van der Waals surface area contributed by atoms with Crippen LogP contribution in [0.5, 0.6) is 0 Å². The molecule has 0 radical (unpaired) electrons. The minimum atomic E-state index is 1.12. The van der Waals surface area contributed by atoms with Gasteiger partial charge in [-0.15, -0.1) is 0 Å². The maximum Gasteiger partial charge on any atom is 0.0641 e. The van der Waals surface area contributed by atoms with E-state index in [2.05, 4.69) is 273 Å². The minimum Gasteiger partial charge on any atom is -0.309 e. The van der Waals surface area contributed by atoms with Gasteiger partial charge < -0.3 is 18.3 Å². The molecule has 4 heterocycles. The summed E-state index contributed by atoms with van der Waals surface area (Å²) in [5.74, 6) is 0. The molecule has 4 heteroatoms. The zero-order valence-corrected chi connectivity index (χ0v) is 38.0. The van der Waals surface area contributed by atoms with Crippen LogP contribution in [0.25, 0.3) is 132 Å². The van der Waals surface area contributed by atoms with Gasteiger partial charge in [-0.05, 0) is 125 Å². The third-order valence-electron chi connectivity index (χ3n) is 14.7. The van der Waals surface area contributed by atoms with E-state index in [0.717, 1.165) is 22.7 Å². The second-order valence-electron chi connectivity index (χ2n) is 18.5. The Morgan fingerprint density at radius 3 is 1.13 bits per heavy atom. The topological polar surface area (TPSA) is 19.7 Å². The van der Waals surface area contributed by atoms with Gasteiger partial charge in [0.15, 0.2) is 0 Å². The lowest BCUT2D eigenvalue weighted by Gasteiger charge is -2.11. The van der Waals surface area contributed by atoms with Crippen LogP contribution in [0.2, 0.25) is 0 Å². The van der Waals surface area contributed by atoms with Crippen LogP contribution < -0.4 is 0 Å². The first-order valence-corrected chi connectivity index (χ1v) is 24.1. The molecule has 0 saturated heterocycles. The zero-order chi connectivity index (χ0) is 45.9. The second-order valence-corrected chi connectivity index (χ2v) is 18.5. The van der Waals surface area contributed by atoms with Gasteiger partial charge in [-0.3, -0.25) is 0 Å². The number of rotatable bonds is 6. The van der Waals surface area contributed by atoms with Gasteiger partial charge >= 0.3 is 0 Å². The van der Waals surface area contributed by atoms with E-state index in [1.165, 1.54) is 109 Å². The average molecular weight is 891 g/mol. The first-order valence-electron chi connectivity index (χ1n) is 24.1. The van der Waals surface area contributed by atoms with Crippen LogP contribution in [0.1, 0.15) is 0 Å². The lowest BCUT2D eigenvalue weighted by Crippen LogP contribution is -1.96. The molecule has 0 aliphatic heterocycles. The summed E-state index contributed by atoms with van der Waals surface area (Å²) in [6.07, 6.45) is 0. The van der Waals surface area contributed by atoms with Gasteiger partial charge in [0.25, 0.3) is 0 Å². The van der Waals surface area contributed by atoms with Gasteiger partial charge in [0, 0.05) is 65.8 Å². The van der Waals surface area contributed by atoms with Gasteiger partial charge in [-0.2, -0.15) is 0 Å². The highest BCUT2D eigenvalue weighted by atomic mass is 15.0. The van der Waals surface area contributed by atoms with Gasteiger partial charge in [0.1, 0.15) is 0 Å². The monoisotopic (exact) mass is 890 g/mol. The van der Waals surface area contributed by atoms with Crippen LogP contribution in [-0.2, 0) is 0 Å². The summed E-state index contributed by atoms with van der Waals surface area (Å²) < 4.78 is 9.87. The van der Waals surface area contributed by atoms with Crippen LogP contribution >= 0.6 is 0 Å². The predicted octanol–water partition coefficient (Wildman–Crippen LogP) is 17.4. The molecule has 70 heavy (non-hydrogen) atoms. The van der Waals surface area contributed by atoms with E-state index >= 15 is 0 Å². The Morgan fingerprint density at radius 1 is 0.186 bits per heavy atom. The third-order valence-corrected chi connectivity index (χ3v) is 14.7. The van der Waals surface area contributed by atoms with Crippen molar-refractivity contribution >= 4 is 87.2 Å².